The first-order chi connectivity index (χ1) is 8.74. The number of hydrogen-bond acceptors (Lipinski definition) is 3. The predicted molar refractivity (Wildman–Crippen MR) is 73.5 cm³/mol. The van der Waals surface area contributed by atoms with Crippen LogP contribution in [0.4, 0.5) is 0 Å². The Kier molecular flexibility index (Phi) is 5.01. The molecule has 2 fully saturated rings. The molecule has 18 heavy (non-hydrogen) atoms. The molecule has 1 aliphatic carbocycles. The van der Waals surface area contributed by atoms with Crippen molar-refractivity contribution in [3.8, 4) is 0 Å². The highest BCUT2D eigenvalue weighted by atomic mass is 16.2. The third-order valence-electron chi connectivity index (χ3n) is 4.20. The van der Waals surface area contributed by atoms with E-state index in [9.17, 15) is 4.79 Å². The third kappa shape index (κ3) is 4.25. The van der Waals surface area contributed by atoms with Gasteiger partial charge < -0.3 is 10.6 Å². The Morgan fingerprint density at radius 1 is 1.33 bits per heavy atom. The fraction of sp³-hybridized carbons (Fsp3) is 0.929. The van der Waals surface area contributed by atoms with Crippen LogP contribution in [-0.4, -0.2) is 50.1 Å². The minimum Gasteiger partial charge on any atom is -0.354 e. The van der Waals surface area contributed by atoms with Gasteiger partial charge in [-0.15, -0.1) is 0 Å². The van der Waals surface area contributed by atoms with Gasteiger partial charge in [-0.25, -0.2) is 0 Å². The largest absolute Gasteiger partial charge is 0.354 e. The molecule has 104 valence electrons. The Morgan fingerprint density at radius 3 is 2.89 bits per heavy atom. The Hall–Kier alpha value is -0.610. The van der Waals surface area contributed by atoms with Crippen molar-refractivity contribution in [2.24, 2.45) is 5.41 Å². The van der Waals surface area contributed by atoms with E-state index < -0.39 is 0 Å². The quantitative estimate of drug-likeness (QED) is 0.741. The summed E-state index contributed by atoms with van der Waals surface area (Å²) < 4.78 is 0. The Morgan fingerprint density at radius 2 is 2.17 bits per heavy atom. The molecule has 0 atom stereocenters. The normalized spacial score (nSPS) is 23.4. The number of carbonyl (C=O) groups is 1. The highest BCUT2D eigenvalue weighted by Gasteiger charge is 2.41. The number of rotatable bonds is 6. The summed E-state index contributed by atoms with van der Waals surface area (Å²) in [6.07, 6.45) is 6.24. The van der Waals surface area contributed by atoms with Crippen LogP contribution in [0.2, 0.25) is 0 Å². The lowest BCUT2D eigenvalue weighted by atomic mass is 10.0. The second-order valence-corrected chi connectivity index (χ2v) is 5.91. The van der Waals surface area contributed by atoms with Gasteiger partial charge in [-0.05, 0) is 44.2 Å². The molecule has 1 amide bonds. The summed E-state index contributed by atoms with van der Waals surface area (Å²) in [7, 11) is 0. The van der Waals surface area contributed by atoms with E-state index in [0.29, 0.717) is 12.0 Å². The number of nitrogens with one attached hydrogen (secondary N) is 2. The van der Waals surface area contributed by atoms with E-state index in [1.54, 1.807) is 0 Å². The van der Waals surface area contributed by atoms with Gasteiger partial charge in [0.1, 0.15) is 0 Å². The summed E-state index contributed by atoms with van der Waals surface area (Å²) in [5.41, 5.74) is 0.463. The summed E-state index contributed by atoms with van der Waals surface area (Å²) in [5, 5.41) is 6.50. The molecule has 0 unspecified atom stereocenters. The van der Waals surface area contributed by atoms with Crippen molar-refractivity contribution in [3.63, 3.8) is 0 Å². The van der Waals surface area contributed by atoms with Crippen molar-refractivity contribution in [3.05, 3.63) is 0 Å². The van der Waals surface area contributed by atoms with Crippen LogP contribution >= 0.6 is 0 Å². The van der Waals surface area contributed by atoms with E-state index in [1.165, 1.54) is 25.7 Å². The lowest BCUT2D eigenvalue weighted by molar-refractivity contribution is -0.122. The summed E-state index contributed by atoms with van der Waals surface area (Å²) in [6, 6.07) is 0. The molecule has 0 bridgehead atoms. The van der Waals surface area contributed by atoms with E-state index in [1.807, 2.05) is 0 Å². The Balaban J connectivity index is 1.65. The summed E-state index contributed by atoms with van der Waals surface area (Å²) in [5.74, 6) is 0.208. The van der Waals surface area contributed by atoms with Crippen molar-refractivity contribution in [1.82, 2.24) is 15.5 Å². The standard InChI is InChI=1S/C14H27N3O/c1-2-4-14(5-6-14)12-16-13(18)11-17-9-3-7-15-8-10-17/h15H,2-12H2,1H3,(H,16,18). The van der Waals surface area contributed by atoms with E-state index in [2.05, 4.69) is 22.5 Å². The molecule has 2 N–H and O–H groups in total. The Bertz CT molecular complexity index is 268. The topological polar surface area (TPSA) is 44.4 Å². The monoisotopic (exact) mass is 253 g/mol. The maximum absolute atomic E-state index is 11.9. The van der Waals surface area contributed by atoms with Gasteiger partial charge in [0.25, 0.3) is 0 Å². The molecule has 4 nitrogen and oxygen atoms in total. The molecule has 0 aromatic rings. The zero-order chi connectivity index (χ0) is 12.8. The first-order valence-corrected chi connectivity index (χ1v) is 7.44. The lowest BCUT2D eigenvalue weighted by Crippen LogP contribution is -2.40. The first kappa shape index (κ1) is 13.8. The zero-order valence-electron chi connectivity index (χ0n) is 11.6. The summed E-state index contributed by atoms with van der Waals surface area (Å²) in [6.45, 7) is 7.82. The minimum absolute atomic E-state index is 0.208. The molecule has 0 spiro atoms. The number of hydrogen-bond donors (Lipinski definition) is 2. The van der Waals surface area contributed by atoms with E-state index in [0.717, 1.165) is 39.1 Å². The van der Waals surface area contributed by atoms with Gasteiger partial charge in [0.2, 0.25) is 5.91 Å². The van der Waals surface area contributed by atoms with Crippen molar-refractivity contribution in [2.45, 2.75) is 39.0 Å². The van der Waals surface area contributed by atoms with Crippen LogP contribution in [0, 0.1) is 5.41 Å². The predicted octanol–water partition coefficient (Wildman–Crippen LogP) is 0.978. The lowest BCUT2D eigenvalue weighted by Gasteiger charge is -2.20. The van der Waals surface area contributed by atoms with Crippen molar-refractivity contribution < 1.29 is 4.79 Å². The molecular formula is C14H27N3O. The van der Waals surface area contributed by atoms with E-state index >= 15 is 0 Å². The second kappa shape index (κ2) is 6.53. The zero-order valence-corrected chi connectivity index (χ0v) is 11.6. The molecule has 0 aromatic heterocycles. The van der Waals surface area contributed by atoms with Gasteiger partial charge in [-0.1, -0.05) is 13.3 Å². The van der Waals surface area contributed by atoms with Gasteiger partial charge in [-0.3, -0.25) is 9.69 Å². The first-order valence-electron chi connectivity index (χ1n) is 7.44. The van der Waals surface area contributed by atoms with Crippen LogP contribution < -0.4 is 10.6 Å². The second-order valence-electron chi connectivity index (χ2n) is 5.91. The molecule has 0 radical (unpaired) electrons. The van der Waals surface area contributed by atoms with Gasteiger partial charge in [-0.2, -0.15) is 0 Å². The van der Waals surface area contributed by atoms with Crippen LogP contribution in [0.5, 0.6) is 0 Å². The highest BCUT2D eigenvalue weighted by Crippen LogP contribution is 2.48. The molecule has 0 aromatic carbocycles. The van der Waals surface area contributed by atoms with Crippen molar-refractivity contribution in [2.75, 3.05) is 39.3 Å². The van der Waals surface area contributed by atoms with Crippen LogP contribution in [0.25, 0.3) is 0 Å². The van der Waals surface area contributed by atoms with Crippen LogP contribution in [0.3, 0.4) is 0 Å². The number of nitrogens with zero attached hydrogens (tertiary/aromatic N) is 1. The fourth-order valence-electron chi connectivity index (χ4n) is 2.83. The smallest absolute Gasteiger partial charge is 0.234 e. The average Bonchev–Trinajstić information content (AvgIpc) is 3.13. The molecule has 1 saturated heterocycles. The molecule has 1 heterocycles. The van der Waals surface area contributed by atoms with Gasteiger partial charge >= 0.3 is 0 Å². The van der Waals surface area contributed by atoms with Crippen LogP contribution in [0.1, 0.15) is 39.0 Å². The molecule has 1 saturated carbocycles. The van der Waals surface area contributed by atoms with Crippen LogP contribution in [0.15, 0.2) is 0 Å². The fourth-order valence-corrected chi connectivity index (χ4v) is 2.83. The molecule has 1 aliphatic heterocycles. The maximum Gasteiger partial charge on any atom is 0.234 e. The molecule has 4 heteroatoms. The molecular weight excluding hydrogens is 226 g/mol. The summed E-state index contributed by atoms with van der Waals surface area (Å²) >= 11 is 0. The van der Waals surface area contributed by atoms with Gasteiger partial charge in [0.15, 0.2) is 0 Å². The minimum atomic E-state index is 0.208. The van der Waals surface area contributed by atoms with Crippen molar-refractivity contribution in [1.29, 1.82) is 0 Å². The van der Waals surface area contributed by atoms with E-state index in [4.69, 9.17) is 0 Å². The SMILES string of the molecule is CCCC1(CNC(=O)CN2CCCNCC2)CC1. The Labute approximate surface area is 110 Å². The number of carbonyl (C=O) groups excluding carboxylic acids is 1. The van der Waals surface area contributed by atoms with E-state index in [-0.39, 0.29) is 5.91 Å². The highest BCUT2D eigenvalue weighted by molar-refractivity contribution is 5.78. The number of amides is 1. The molecule has 2 rings (SSSR count). The van der Waals surface area contributed by atoms with Gasteiger partial charge in [0, 0.05) is 19.6 Å². The van der Waals surface area contributed by atoms with Gasteiger partial charge in [0.05, 0.1) is 6.54 Å². The molecule has 2 aliphatic rings. The van der Waals surface area contributed by atoms with Crippen LogP contribution in [-0.2, 0) is 4.79 Å². The third-order valence-corrected chi connectivity index (χ3v) is 4.20. The van der Waals surface area contributed by atoms with Crippen molar-refractivity contribution >= 4 is 5.91 Å². The average molecular weight is 253 g/mol. The summed E-state index contributed by atoms with van der Waals surface area (Å²) in [4.78, 5) is 14.2. The maximum atomic E-state index is 11.9.